The van der Waals surface area contributed by atoms with Crippen molar-refractivity contribution in [2.45, 2.75) is 26.4 Å². The fourth-order valence-electron chi connectivity index (χ4n) is 1.42. The third-order valence-electron chi connectivity index (χ3n) is 2.09. The van der Waals surface area contributed by atoms with Gasteiger partial charge in [-0.15, -0.1) is 0 Å². The van der Waals surface area contributed by atoms with Gasteiger partial charge < -0.3 is 15.4 Å². The first kappa shape index (κ1) is 14.5. The fraction of sp³-hybridized carbons (Fsp3) is 0.500. The number of ether oxygens (including phenoxy) is 1. The molecule has 1 aromatic rings. The normalized spacial score (nSPS) is 11.1. The molecule has 4 nitrogen and oxygen atoms in total. The lowest BCUT2D eigenvalue weighted by atomic mass is 10.2. The van der Waals surface area contributed by atoms with E-state index >= 15 is 0 Å². The molecule has 0 aliphatic rings. The van der Waals surface area contributed by atoms with Crippen molar-refractivity contribution in [2.24, 2.45) is 0 Å². The number of hydrogen-bond donors (Lipinski definition) is 2. The molecular weight excluding hydrogens is 228 g/mol. The van der Waals surface area contributed by atoms with Crippen LogP contribution >= 0.6 is 0 Å². The van der Waals surface area contributed by atoms with Gasteiger partial charge in [-0.3, -0.25) is 4.79 Å². The third kappa shape index (κ3) is 6.91. The van der Waals surface area contributed by atoms with E-state index < -0.39 is 5.60 Å². The summed E-state index contributed by atoms with van der Waals surface area (Å²) in [6.07, 6.45) is 0. The number of esters is 1. The fourth-order valence-corrected chi connectivity index (χ4v) is 1.42. The molecule has 2 N–H and O–H groups in total. The van der Waals surface area contributed by atoms with Crippen LogP contribution in [0.15, 0.2) is 30.3 Å². The molecule has 0 heterocycles. The number of carbonyl (C=O) groups is 1. The summed E-state index contributed by atoms with van der Waals surface area (Å²) in [6, 6.07) is 9.96. The van der Waals surface area contributed by atoms with Crippen LogP contribution in [0.3, 0.4) is 0 Å². The Bertz CT molecular complexity index is 358. The topological polar surface area (TPSA) is 50.4 Å². The second kappa shape index (κ2) is 7.01. The molecule has 0 saturated carbocycles. The van der Waals surface area contributed by atoms with Crippen LogP contribution < -0.4 is 10.6 Å². The lowest BCUT2D eigenvalue weighted by molar-refractivity contribution is -0.153. The maximum Gasteiger partial charge on any atom is 0.320 e. The number of benzene rings is 1. The molecule has 18 heavy (non-hydrogen) atoms. The number of hydrogen-bond acceptors (Lipinski definition) is 4. The lowest BCUT2D eigenvalue weighted by Crippen LogP contribution is -2.33. The monoisotopic (exact) mass is 250 g/mol. The highest BCUT2D eigenvalue weighted by Gasteiger charge is 2.15. The van der Waals surface area contributed by atoms with Crippen molar-refractivity contribution in [3.05, 3.63) is 30.3 Å². The summed E-state index contributed by atoms with van der Waals surface area (Å²) in [7, 11) is 0. The van der Waals surface area contributed by atoms with Gasteiger partial charge in [0, 0.05) is 18.8 Å². The Morgan fingerprint density at radius 1 is 1.17 bits per heavy atom. The summed E-state index contributed by atoms with van der Waals surface area (Å²) in [5, 5.41) is 6.29. The summed E-state index contributed by atoms with van der Waals surface area (Å²) in [4.78, 5) is 11.4. The standard InChI is InChI=1S/C14H22N2O2/c1-14(2,3)18-13(17)11-15-9-10-16-12-7-5-4-6-8-12/h4-8,15-16H,9-11H2,1-3H3. The molecule has 0 unspecified atom stereocenters. The average molecular weight is 250 g/mol. The molecule has 1 rings (SSSR count). The van der Waals surface area contributed by atoms with E-state index in [-0.39, 0.29) is 12.5 Å². The van der Waals surface area contributed by atoms with Gasteiger partial charge in [-0.1, -0.05) is 18.2 Å². The van der Waals surface area contributed by atoms with E-state index in [0.717, 1.165) is 12.2 Å². The summed E-state index contributed by atoms with van der Waals surface area (Å²) >= 11 is 0. The van der Waals surface area contributed by atoms with Gasteiger partial charge >= 0.3 is 5.97 Å². The number of rotatable bonds is 6. The van der Waals surface area contributed by atoms with Crippen molar-refractivity contribution in [2.75, 3.05) is 25.0 Å². The number of para-hydroxylation sites is 1. The molecule has 0 atom stereocenters. The molecule has 0 radical (unpaired) electrons. The molecular formula is C14H22N2O2. The lowest BCUT2D eigenvalue weighted by Gasteiger charge is -2.19. The quantitative estimate of drug-likeness (QED) is 0.599. The van der Waals surface area contributed by atoms with Gasteiger partial charge in [-0.05, 0) is 32.9 Å². The van der Waals surface area contributed by atoms with Crippen molar-refractivity contribution in [3.63, 3.8) is 0 Å². The molecule has 0 aromatic heterocycles. The van der Waals surface area contributed by atoms with E-state index in [1.165, 1.54) is 0 Å². The Morgan fingerprint density at radius 2 is 1.83 bits per heavy atom. The Hall–Kier alpha value is -1.55. The van der Waals surface area contributed by atoms with Crippen molar-refractivity contribution in [1.29, 1.82) is 0 Å². The van der Waals surface area contributed by atoms with Crippen molar-refractivity contribution in [1.82, 2.24) is 5.32 Å². The van der Waals surface area contributed by atoms with Crippen LogP contribution in [0.5, 0.6) is 0 Å². The van der Waals surface area contributed by atoms with E-state index in [1.807, 2.05) is 51.1 Å². The van der Waals surface area contributed by atoms with Crippen LogP contribution in [0.1, 0.15) is 20.8 Å². The van der Waals surface area contributed by atoms with Crippen LogP contribution in [0.4, 0.5) is 5.69 Å². The minimum Gasteiger partial charge on any atom is -0.459 e. The maximum absolute atomic E-state index is 11.4. The number of anilines is 1. The van der Waals surface area contributed by atoms with E-state index in [2.05, 4.69) is 10.6 Å². The molecule has 0 amide bonds. The van der Waals surface area contributed by atoms with Gasteiger partial charge in [0.1, 0.15) is 5.60 Å². The third-order valence-corrected chi connectivity index (χ3v) is 2.09. The number of carbonyl (C=O) groups excluding carboxylic acids is 1. The van der Waals surface area contributed by atoms with E-state index in [1.54, 1.807) is 0 Å². The van der Waals surface area contributed by atoms with Crippen molar-refractivity contribution >= 4 is 11.7 Å². The van der Waals surface area contributed by atoms with Crippen LogP contribution in [-0.2, 0) is 9.53 Å². The smallest absolute Gasteiger partial charge is 0.320 e. The Labute approximate surface area is 109 Å². The Balaban J connectivity index is 2.07. The summed E-state index contributed by atoms with van der Waals surface area (Å²) in [5.74, 6) is -0.220. The molecule has 0 bridgehead atoms. The molecule has 0 spiro atoms. The minimum atomic E-state index is -0.416. The zero-order valence-electron chi connectivity index (χ0n) is 11.3. The SMILES string of the molecule is CC(C)(C)OC(=O)CNCCNc1ccccc1. The average Bonchev–Trinajstić information content (AvgIpc) is 2.27. The second-order valence-electron chi connectivity index (χ2n) is 5.06. The summed E-state index contributed by atoms with van der Waals surface area (Å²) < 4.78 is 5.18. The van der Waals surface area contributed by atoms with E-state index in [4.69, 9.17) is 4.74 Å². The largest absolute Gasteiger partial charge is 0.459 e. The molecule has 0 saturated heterocycles. The zero-order chi connectivity index (χ0) is 13.4. The predicted molar refractivity (Wildman–Crippen MR) is 73.6 cm³/mol. The number of nitrogens with one attached hydrogen (secondary N) is 2. The molecule has 1 aromatic carbocycles. The Kier molecular flexibility index (Phi) is 5.65. The maximum atomic E-state index is 11.4. The predicted octanol–water partition coefficient (Wildman–Crippen LogP) is 2.03. The first-order valence-corrected chi connectivity index (χ1v) is 6.19. The molecule has 100 valence electrons. The van der Waals surface area contributed by atoms with Gasteiger partial charge in [-0.2, -0.15) is 0 Å². The second-order valence-corrected chi connectivity index (χ2v) is 5.06. The van der Waals surface area contributed by atoms with Crippen LogP contribution in [-0.4, -0.2) is 31.2 Å². The molecule has 0 aliphatic carbocycles. The van der Waals surface area contributed by atoms with Crippen LogP contribution in [0.25, 0.3) is 0 Å². The first-order valence-electron chi connectivity index (χ1n) is 6.19. The van der Waals surface area contributed by atoms with Gasteiger partial charge in [0.25, 0.3) is 0 Å². The van der Waals surface area contributed by atoms with Gasteiger partial charge in [0.2, 0.25) is 0 Å². The van der Waals surface area contributed by atoms with Crippen LogP contribution in [0, 0.1) is 0 Å². The summed E-state index contributed by atoms with van der Waals surface area (Å²) in [6.45, 7) is 7.32. The van der Waals surface area contributed by atoms with Gasteiger partial charge in [0.05, 0.1) is 6.54 Å². The Morgan fingerprint density at radius 3 is 2.44 bits per heavy atom. The highest BCUT2D eigenvalue weighted by molar-refractivity contribution is 5.72. The minimum absolute atomic E-state index is 0.220. The van der Waals surface area contributed by atoms with E-state index in [0.29, 0.717) is 6.54 Å². The highest BCUT2D eigenvalue weighted by Crippen LogP contribution is 2.06. The molecule has 4 heteroatoms. The zero-order valence-corrected chi connectivity index (χ0v) is 11.3. The van der Waals surface area contributed by atoms with Gasteiger partial charge in [-0.25, -0.2) is 0 Å². The summed E-state index contributed by atoms with van der Waals surface area (Å²) in [5.41, 5.74) is 0.665. The first-order chi connectivity index (χ1) is 8.47. The van der Waals surface area contributed by atoms with Crippen LogP contribution in [0.2, 0.25) is 0 Å². The van der Waals surface area contributed by atoms with Crippen molar-refractivity contribution < 1.29 is 9.53 Å². The van der Waals surface area contributed by atoms with Gasteiger partial charge in [0.15, 0.2) is 0 Å². The highest BCUT2D eigenvalue weighted by atomic mass is 16.6. The van der Waals surface area contributed by atoms with E-state index in [9.17, 15) is 4.79 Å². The molecule has 0 fully saturated rings. The van der Waals surface area contributed by atoms with Crippen molar-refractivity contribution in [3.8, 4) is 0 Å². The molecule has 0 aliphatic heterocycles.